The van der Waals surface area contributed by atoms with E-state index < -0.39 is 151 Å². The molecule has 29 nitrogen and oxygen atoms in total. The summed E-state index contributed by atoms with van der Waals surface area (Å²) in [6.07, 6.45) is -0.760. The highest BCUT2D eigenvalue weighted by Crippen LogP contribution is 2.14. The van der Waals surface area contributed by atoms with Crippen molar-refractivity contribution in [3.8, 4) is 0 Å². The van der Waals surface area contributed by atoms with Crippen LogP contribution in [0.25, 0.3) is 0 Å². The lowest BCUT2D eigenvalue weighted by atomic mass is 9.99. The lowest BCUT2D eigenvalue weighted by Crippen LogP contribution is -2.62. The number of amides is 11. The molecule has 0 aliphatic carbocycles. The van der Waals surface area contributed by atoms with Crippen LogP contribution in [0.15, 0.2) is 0 Å². The first-order valence-corrected chi connectivity index (χ1v) is 28.8. The molecule has 0 bridgehead atoms. The van der Waals surface area contributed by atoms with Crippen molar-refractivity contribution in [2.24, 2.45) is 46.4 Å². The maximum Gasteiger partial charge on any atom is 0.245 e. The molecule has 0 aromatic rings. The summed E-state index contributed by atoms with van der Waals surface area (Å²) in [5, 5.41) is 49.5. The third-order valence-corrected chi connectivity index (χ3v) is 13.7. The van der Waals surface area contributed by atoms with E-state index in [9.17, 15) is 63.0 Å². The molecule has 1 saturated heterocycles. The van der Waals surface area contributed by atoms with Crippen LogP contribution in [0.2, 0.25) is 0 Å². The van der Waals surface area contributed by atoms with Crippen molar-refractivity contribution in [2.75, 3.05) is 39.3 Å². The Kier molecular flexibility index (Phi) is 35.5. The van der Waals surface area contributed by atoms with Crippen LogP contribution in [0.5, 0.6) is 0 Å². The van der Waals surface area contributed by atoms with E-state index >= 15 is 0 Å². The smallest absolute Gasteiger partial charge is 0.245 e. The van der Waals surface area contributed by atoms with Crippen LogP contribution in [0.1, 0.15) is 139 Å². The molecule has 0 radical (unpaired) electrons. The number of carbonyl (C=O) groups is 11. The summed E-state index contributed by atoms with van der Waals surface area (Å²) in [7, 11) is 0. The van der Waals surface area contributed by atoms with Gasteiger partial charge in [-0.1, -0.05) is 60.8 Å². The summed E-state index contributed by atoms with van der Waals surface area (Å²) >= 11 is 0. The summed E-state index contributed by atoms with van der Waals surface area (Å²) in [4.78, 5) is 153. The molecule has 0 aromatic heterocycles. The molecule has 13 atom stereocenters. The molecule has 0 saturated carbocycles. The molecular weight excluding hydrogens is 1070 g/mol. The van der Waals surface area contributed by atoms with Crippen molar-refractivity contribution in [2.45, 2.75) is 211 Å². The maximum absolute atomic E-state index is 14.4. The Balaban J connectivity index is 3.81. The first-order valence-electron chi connectivity index (χ1n) is 28.8. The monoisotopic (exact) mass is 1170 g/mol. The van der Waals surface area contributed by atoms with Gasteiger partial charge in [-0.2, -0.15) is 0 Å². The summed E-state index contributed by atoms with van der Waals surface area (Å²) < 4.78 is 0. The number of rotatable bonds is 29. The second-order valence-corrected chi connectivity index (χ2v) is 22.0. The van der Waals surface area contributed by atoms with Gasteiger partial charge in [-0.05, 0) is 122 Å². The minimum atomic E-state index is -1.69. The van der Waals surface area contributed by atoms with Gasteiger partial charge in [-0.25, -0.2) is 0 Å². The lowest BCUT2D eigenvalue weighted by molar-refractivity contribution is -0.137. The third kappa shape index (κ3) is 27.3. The second-order valence-electron chi connectivity index (χ2n) is 22.0. The van der Waals surface area contributed by atoms with Gasteiger partial charge >= 0.3 is 0 Å². The van der Waals surface area contributed by atoms with Crippen LogP contribution in [-0.4, -0.2) is 187 Å². The molecule has 0 unspecified atom stereocenters. The SMILES string of the molecule is CC[C@@H](C)CCCCC(=O)N[C@@H](CCN)C(=O)N[C@H](C(=O)N[C@@H](CCN)C(=O)N[C@H]1CCNC(=O)[C@H]([C@@H](C)O)NC(=O)[C@H](CCN)NC(=O)[C@H](CCN)NC(=O)[C@@H](CC(C)C)NC(=O)[C@H](CC(C)C)NC(=O)[C@H](CCN)NC1=O)[C@@H](C)O. The van der Waals surface area contributed by atoms with Crippen LogP contribution in [0.4, 0.5) is 0 Å². The van der Waals surface area contributed by atoms with E-state index in [1.165, 1.54) is 13.8 Å². The fraction of sp³-hybridized carbons (Fsp3) is 0.792. The first-order chi connectivity index (χ1) is 38.7. The highest BCUT2D eigenvalue weighted by atomic mass is 16.3. The zero-order valence-corrected chi connectivity index (χ0v) is 49.4. The Labute approximate surface area is 482 Å². The Hall–Kier alpha value is -6.11. The van der Waals surface area contributed by atoms with Crippen LogP contribution >= 0.6 is 0 Å². The number of aliphatic hydroxyl groups excluding tert-OH is 2. The van der Waals surface area contributed by atoms with Gasteiger partial charge in [0, 0.05) is 13.0 Å². The molecule has 1 fully saturated rings. The molecule has 1 aliphatic rings. The van der Waals surface area contributed by atoms with Crippen LogP contribution in [0.3, 0.4) is 0 Å². The molecule has 11 amide bonds. The average Bonchev–Trinajstić information content (AvgIpc) is 3.41. The molecule has 29 heteroatoms. The fourth-order valence-corrected chi connectivity index (χ4v) is 8.76. The van der Waals surface area contributed by atoms with Gasteiger partial charge in [0.2, 0.25) is 65.0 Å². The fourth-order valence-electron chi connectivity index (χ4n) is 8.76. The second kappa shape index (κ2) is 39.4. The van der Waals surface area contributed by atoms with Gasteiger partial charge in [0.1, 0.15) is 60.4 Å². The number of nitrogens with two attached hydrogens (primary N) is 5. The highest BCUT2D eigenvalue weighted by Gasteiger charge is 2.37. The molecule has 1 aliphatic heterocycles. The Morgan fingerprint density at radius 3 is 1.39 bits per heavy atom. The molecular formula is C53H100N16O13. The van der Waals surface area contributed by atoms with E-state index in [-0.39, 0.29) is 95.9 Å². The number of hydrogen-bond acceptors (Lipinski definition) is 18. The zero-order valence-electron chi connectivity index (χ0n) is 49.4. The number of aliphatic hydroxyl groups is 2. The van der Waals surface area contributed by atoms with Crippen LogP contribution < -0.4 is 87.2 Å². The van der Waals surface area contributed by atoms with Crippen molar-refractivity contribution < 1.29 is 63.0 Å². The number of unbranched alkanes of at least 4 members (excludes halogenated alkanes) is 1. The summed E-state index contributed by atoms with van der Waals surface area (Å²) in [6, 6.07) is -14.5. The number of nitrogens with one attached hydrogen (secondary N) is 11. The Morgan fingerprint density at radius 2 is 0.963 bits per heavy atom. The summed E-state index contributed by atoms with van der Waals surface area (Å²) in [5.41, 5.74) is 29.2. The molecule has 470 valence electrons. The van der Waals surface area contributed by atoms with Crippen molar-refractivity contribution in [1.29, 1.82) is 0 Å². The van der Waals surface area contributed by atoms with Crippen LogP contribution in [-0.2, 0) is 52.7 Å². The highest BCUT2D eigenvalue weighted by molar-refractivity contribution is 5.99. The van der Waals surface area contributed by atoms with Crippen molar-refractivity contribution >= 4 is 65.0 Å². The molecule has 1 rings (SSSR count). The first kappa shape index (κ1) is 73.9. The van der Waals surface area contributed by atoms with E-state index in [2.05, 4.69) is 72.3 Å². The normalized spacial score (nSPS) is 23.4. The van der Waals surface area contributed by atoms with E-state index in [0.717, 1.165) is 19.3 Å². The molecule has 82 heavy (non-hydrogen) atoms. The van der Waals surface area contributed by atoms with E-state index in [1.54, 1.807) is 27.7 Å². The minimum Gasteiger partial charge on any atom is -0.391 e. The third-order valence-electron chi connectivity index (χ3n) is 13.7. The predicted octanol–water partition coefficient (Wildman–Crippen LogP) is -5.44. The van der Waals surface area contributed by atoms with Gasteiger partial charge in [0.15, 0.2) is 0 Å². The Bertz CT molecular complexity index is 2070. The van der Waals surface area contributed by atoms with Gasteiger partial charge in [0.25, 0.3) is 0 Å². The maximum atomic E-state index is 14.4. The quantitative estimate of drug-likeness (QED) is 0.0311. The molecule has 23 N–H and O–H groups in total. The van der Waals surface area contributed by atoms with Gasteiger partial charge in [0.05, 0.1) is 12.2 Å². The molecule has 0 aromatic carbocycles. The van der Waals surface area contributed by atoms with Crippen molar-refractivity contribution in [1.82, 2.24) is 58.5 Å². The van der Waals surface area contributed by atoms with Crippen LogP contribution in [0, 0.1) is 17.8 Å². The van der Waals surface area contributed by atoms with Gasteiger partial charge in [-0.15, -0.1) is 0 Å². The minimum absolute atomic E-state index is 0.0131. The number of hydrogen-bond donors (Lipinski definition) is 18. The van der Waals surface area contributed by atoms with E-state index in [0.29, 0.717) is 12.3 Å². The standard InChI is InChI=1S/C53H100N16O13/c1-9-30(6)12-10-11-13-41(72)60-33(14-20-54)48(77)69-43(32(8)71)53(82)65-36(17-23-57)45(74)64-38-19-25-59-52(81)42(31(7)70)68-49(78)37(18-24-58)62-44(73)34(15-21-55)63-50(79)39(26-28(2)3)67-51(80)40(27-29(4)5)66-46(75)35(16-22-56)61-47(38)76/h28-40,42-43,70-71H,9-27,54-58H2,1-8H3,(H,59,81)(H,60,72)(H,61,76)(H,62,73)(H,63,79)(H,64,74)(H,65,82)(H,66,75)(H,67,80)(H,68,78)(H,69,77)/t30-,31-,32-,33+,34+,35+,36+,37+,38+,39-,40+,42+,43+/m1/s1. The topological polar surface area (TPSA) is 491 Å². The predicted molar refractivity (Wildman–Crippen MR) is 305 cm³/mol. The van der Waals surface area contributed by atoms with Gasteiger partial charge in [-0.3, -0.25) is 52.7 Å². The van der Waals surface area contributed by atoms with Gasteiger partial charge < -0.3 is 97.4 Å². The van der Waals surface area contributed by atoms with E-state index in [4.69, 9.17) is 28.7 Å². The number of carbonyl (C=O) groups excluding carboxylic acids is 11. The van der Waals surface area contributed by atoms with Crippen molar-refractivity contribution in [3.63, 3.8) is 0 Å². The molecule has 0 spiro atoms. The largest absolute Gasteiger partial charge is 0.391 e. The van der Waals surface area contributed by atoms with Crippen molar-refractivity contribution in [3.05, 3.63) is 0 Å². The lowest BCUT2D eigenvalue weighted by Gasteiger charge is -2.29. The zero-order chi connectivity index (χ0) is 62.2. The summed E-state index contributed by atoms with van der Waals surface area (Å²) in [5.74, 6) is -9.49. The van der Waals surface area contributed by atoms with E-state index in [1.807, 2.05) is 0 Å². The molecule has 1 heterocycles. The Morgan fingerprint density at radius 1 is 0.524 bits per heavy atom. The average molecular weight is 1170 g/mol. The summed E-state index contributed by atoms with van der Waals surface area (Å²) in [6.45, 7) is 12.6.